The van der Waals surface area contributed by atoms with Gasteiger partial charge >= 0.3 is 16.6 Å². The van der Waals surface area contributed by atoms with Crippen molar-refractivity contribution in [3.63, 3.8) is 0 Å². The predicted molar refractivity (Wildman–Crippen MR) is 172 cm³/mol. The van der Waals surface area contributed by atoms with Gasteiger partial charge < -0.3 is 19.9 Å². The third kappa shape index (κ3) is 7.03. The molecule has 3 aromatic rings. The molecule has 1 atom stereocenters. The molecule has 6 rings (SSSR count). The van der Waals surface area contributed by atoms with E-state index in [1.165, 1.54) is 0 Å². The van der Waals surface area contributed by atoms with E-state index in [9.17, 15) is 10.1 Å². The van der Waals surface area contributed by atoms with Crippen molar-refractivity contribution in [2.45, 2.75) is 13.5 Å². The summed E-state index contributed by atoms with van der Waals surface area (Å²) in [6.07, 6.45) is 6.34. The Morgan fingerprint density at radius 2 is 1.76 bits per heavy atom. The number of ether oxygens (including phenoxy) is 1. The minimum Gasteiger partial charge on any atom is -0.497 e. The number of quaternary nitrogens is 1. The number of anilines is 2. The molecule has 1 unspecified atom stereocenters. The second kappa shape index (κ2) is 12.9. The first-order valence-electron chi connectivity index (χ1n) is 14.0. The van der Waals surface area contributed by atoms with E-state index in [0.717, 1.165) is 46.8 Å². The van der Waals surface area contributed by atoms with Gasteiger partial charge in [0.05, 0.1) is 7.11 Å². The summed E-state index contributed by atoms with van der Waals surface area (Å²) < 4.78 is 36.6. The molecule has 3 N–H and O–H groups in total. The number of methoxy groups -OCH3 is 1. The Morgan fingerprint density at radius 3 is 2.40 bits per heavy atom. The van der Waals surface area contributed by atoms with Crippen LogP contribution in [0.1, 0.15) is 23.6 Å². The van der Waals surface area contributed by atoms with Gasteiger partial charge in [-0.3, -0.25) is 13.9 Å². The number of carbonyl (C=O) groups is 1. The zero-order chi connectivity index (χ0) is 32.2. The fourth-order valence-electron chi connectivity index (χ4n) is 5.40. The average molecular weight is 631 g/mol. The van der Waals surface area contributed by atoms with E-state index in [-0.39, 0.29) is 5.91 Å². The molecule has 1 amide bonds. The highest BCUT2D eigenvalue weighted by Gasteiger charge is 2.49. The quantitative estimate of drug-likeness (QED) is 0.208. The van der Waals surface area contributed by atoms with E-state index in [1.807, 2.05) is 59.5 Å². The van der Waals surface area contributed by atoms with Gasteiger partial charge in [-0.2, -0.15) is 13.4 Å². The summed E-state index contributed by atoms with van der Waals surface area (Å²) in [5, 5.41) is 19.2. The van der Waals surface area contributed by atoms with Crippen LogP contribution in [0.2, 0.25) is 0 Å². The molecule has 232 valence electrons. The number of piperazine rings is 1. The molecule has 0 aliphatic carbocycles. The van der Waals surface area contributed by atoms with E-state index in [4.69, 9.17) is 32.4 Å². The number of hydrogen-bond acceptors (Lipinski definition) is 9. The van der Waals surface area contributed by atoms with Crippen LogP contribution in [0.15, 0.2) is 82.9 Å². The first kappa shape index (κ1) is 31.4. The van der Waals surface area contributed by atoms with Crippen molar-refractivity contribution in [3.8, 4) is 11.9 Å². The molecule has 0 bridgehead atoms. The highest BCUT2D eigenvalue weighted by molar-refractivity contribution is 7.79. The minimum absolute atomic E-state index is 0.101. The Kier molecular flexibility index (Phi) is 8.98. The SMILES string of the molecule is COc1cccc(C2=N[N+]3(C#N)C(=N2)C=Cc2cc(N4CCN(C(C)=O)CC4)cc(NCc4ccccc4)c23)c1.O=S(=O)(O)O. The number of rotatable bonds is 6. The lowest BCUT2D eigenvalue weighted by atomic mass is 10.0. The molecule has 1 saturated heterocycles. The second-order valence-corrected chi connectivity index (χ2v) is 11.3. The molecule has 0 radical (unpaired) electrons. The minimum atomic E-state index is -4.67. The van der Waals surface area contributed by atoms with Crippen LogP contribution in [0.4, 0.5) is 17.1 Å². The van der Waals surface area contributed by atoms with Crippen LogP contribution < -0.4 is 19.5 Å². The molecule has 45 heavy (non-hydrogen) atoms. The first-order chi connectivity index (χ1) is 21.5. The molecule has 3 heterocycles. The number of fused-ring (bicyclic) bond motifs is 3. The van der Waals surface area contributed by atoms with Crippen molar-refractivity contribution in [2.24, 2.45) is 10.1 Å². The molecular formula is C31H32N7O6S+. The Labute approximate surface area is 261 Å². The van der Waals surface area contributed by atoms with Crippen molar-refractivity contribution in [2.75, 3.05) is 43.5 Å². The lowest BCUT2D eigenvalue weighted by molar-refractivity contribution is -0.129. The maximum Gasteiger partial charge on any atom is 0.394 e. The Balaban J connectivity index is 0.000000743. The van der Waals surface area contributed by atoms with Crippen molar-refractivity contribution in [3.05, 3.63) is 89.5 Å². The highest BCUT2D eigenvalue weighted by atomic mass is 32.3. The summed E-state index contributed by atoms with van der Waals surface area (Å²) in [7, 11) is -3.05. The number of nitriles is 1. The zero-order valence-corrected chi connectivity index (χ0v) is 25.5. The maximum absolute atomic E-state index is 11.9. The summed E-state index contributed by atoms with van der Waals surface area (Å²) >= 11 is 0. The smallest absolute Gasteiger partial charge is 0.394 e. The number of carbonyl (C=O) groups excluding carboxylic acids is 1. The second-order valence-electron chi connectivity index (χ2n) is 10.4. The van der Waals surface area contributed by atoms with E-state index in [1.54, 1.807) is 14.0 Å². The third-order valence-corrected chi connectivity index (χ3v) is 7.55. The predicted octanol–water partition coefficient (Wildman–Crippen LogP) is 3.91. The lowest BCUT2D eigenvalue weighted by Crippen LogP contribution is -2.48. The third-order valence-electron chi connectivity index (χ3n) is 7.55. The normalized spacial score (nSPS) is 18.4. The van der Waals surface area contributed by atoms with Crippen LogP contribution in [0.5, 0.6) is 5.75 Å². The maximum atomic E-state index is 11.9. The molecule has 3 aromatic carbocycles. The van der Waals surface area contributed by atoms with Crippen LogP contribution in [0.3, 0.4) is 0 Å². The van der Waals surface area contributed by atoms with Crippen LogP contribution >= 0.6 is 0 Å². The zero-order valence-electron chi connectivity index (χ0n) is 24.7. The summed E-state index contributed by atoms with van der Waals surface area (Å²) in [5.41, 5.74) is 5.40. The van der Waals surface area contributed by atoms with Crippen molar-refractivity contribution in [1.82, 2.24) is 9.49 Å². The number of amidine groups is 2. The van der Waals surface area contributed by atoms with Crippen molar-refractivity contribution < 1.29 is 27.1 Å². The molecule has 0 aromatic heterocycles. The number of nitrogens with one attached hydrogen (secondary N) is 1. The molecule has 3 aliphatic rings. The van der Waals surface area contributed by atoms with Gasteiger partial charge in [-0.25, -0.2) is 0 Å². The molecule has 14 heteroatoms. The molecule has 13 nitrogen and oxygen atoms in total. The number of aliphatic imine (C=N–C) groups is 1. The number of amides is 1. The largest absolute Gasteiger partial charge is 0.497 e. The van der Waals surface area contributed by atoms with Gasteiger partial charge in [0.25, 0.3) is 5.84 Å². The van der Waals surface area contributed by atoms with Crippen LogP contribution in [0, 0.1) is 11.5 Å². The molecule has 0 spiro atoms. The molecular weight excluding hydrogens is 598 g/mol. The summed E-state index contributed by atoms with van der Waals surface area (Å²) in [4.78, 5) is 20.8. The monoisotopic (exact) mass is 630 g/mol. The van der Waals surface area contributed by atoms with E-state index in [2.05, 4.69) is 40.7 Å². The van der Waals surface area contributed by atoms with Gasteiger partial charge in [-0.05, 0) is 45.6 Å². The van der Waals surface area contributed by atoms with Gasteiger partial charge in [0, 0.05) is 62.5 Å². The number of benzene rings is 3. The van der Waals surface area contributed by atoms with E-state index >= 15 is 0 Å². The summed E-state index contributed by atoms with van der Waals surface area (Å²) in [5.74, 6) is 1.82. The van der Waals surface area contributed by atoms with Crippen molar-refractivity contribution >= 4 is 51.1 Å². The Morgan fingerprint density at radius 1 is 1.04 bits per heavy atom. The highest BCUT2D eigenvalue weighted by Crippen LogP contribution is 2.45. The Hall–Kier alpha value is -5.07. The van der Waals surface area contributed by atoms with Gasteiger partial charge in [0.15, 0.2) is 0 Å². The van der Waals surface area contributed by atoms with Gasteiger partial charge in [-0.15, -0.1) is 5.26 Å². The fraction of sp³-hybridized carbons (Fsp3) is 0.226. The first-order valence-corrected chi connectivity index (χ1v) is 15.4. The van der Waals surface area contributed by atoms with E-state index in [0.29, 0.717) is 37.1 Å². The molecule has 0 saturated carbocycles. The van der Waals surface area contributed by atoms with Crippen molar-refractivity contribution in [1.29, 1.82) is 5.26 Å². The van der Waals surface area contributed by atoms with Gasteiger partial charge in [-0.1, -0.05) is 42.5 Å². The summed E-state index contributed by atoms with van der Waals surface area (Å²) in [6.45, 7) is 5.04. The molecule has 3 aliphatic heterocycles. The standard InChI is InChI=1S/C31H30N7O2.H2O4S/c1-22(39)36-13-15-37(16-14-36)26-17-24-11-12-29-34-31(25-9-6-10-27(18-25)40-2)35-38(29,21-32)30(24)28(19-26)33-20-23-7-4-3-5-8-23;1-5(2,3)4/h3-12,17-19,33H,13-16,20H2,1-2H3;(H2,1,2,3,4)/q+1;. The molecule has 1 fully saturated rings. The number of hydrogen-bond donors (Lipinski definition) is 3. The van der Waals surface area contributed by atoms with Gasteiger partial charge in [0.2, 0.25) is 17.4 Å². The van der Waals surface area contributed by atoms with Crippen LogP contribution in [-0.4, -0.2) is 73.3 Å². The number of nitrogens with zero attached hydrogens (tertiary/aromatic N) is 6. The fourth-order valence-corrected chi connectivity index (χ4v) is 5.40. The summed E-state index contributed by atoms with van der Waals surface area (Å²) in [6, 6.07) is 21.9. The average Bonchev–Trinajstić information content (AvgIpc) is 3.44. The van der Waals surface area contributed by atoms with E-state index < -0.39 is 15.0 Å². The van der Waals surface area contributed by atoms with Crippen LogP contribution in [-0.2, 0) is 21.7 Å². The van der Waals surface area contributed by atoms with Crippen LogP contribution in [0.25, 0.3) is 6.08 Å². The lowest BCUT2D eigenvalue weighted by Gasteiger charge is -2.36. The Bertz CT molecular complexity index is 1840. The van der Waals surface area contributed by atoms with Gasteiger partial charge in [0.1, 0.15) is 11.4 Å². The topological polar surface area (TPSA) is 168 Å².